The summed E-state index contributed by atoms with van der Waals surface area (Å²) in [4.78, 5) is 24.3. The van der Waals surface area contributed by atoms with Gasteiger partial charge in [-0.1, -0.05) is 62.4 Å². The van der Waals surface area contributed by atoms with Gasteiger partial charge in [0.15, 0.2) is 5.82 Å². The third-order valence-electron chi connectivity index (χ3n) is 5.34. The van der Waals surface area contributed by atoms with E-state index in [4.69, 9.17) is 4.98 Å². The van der Waals surface area contributed by atoms with Crippen LogP contribution in [0.3, 0.4) is 0 Å². The first-order chi connectivity index (χ1) is 15.5. The largest absolute Gasteiger partial charge is 0.478 e. The van der Waals surface area contributed by atoms with Crippen LogP contribution in [0.2, 0.25) is 0 Å². The molecule has 4 aromatic rings. The van der Waals surface area contributed by atoms with E-state index >= 15 is 0 Å². The van der Waals surface area contributed by atoms with E-state index in [0.29, 0.717) is 30.4 Å². The molecular formula is C26H25N3O2S. The molecule has 0 fully saturated rings. The molecule has 32 heavy (non-hydrogen) atoms. The fourth-order valence-corrected chi connectivity index (χ4v) is 4.28. The van der Waals surface area contributed by atoms with Crippen molar-refractivity contribution in [2.75, 3.05) is 4.90 Å². The first-order valence-corrected chi connectivity index (χ1v) is 11.4. The number of benzene rings is 2. The van der Waals surface area contributed by atoms with E-state index in [1.807, 2.05) is 29.6 Å². The highest BCUT2D eigenvalue weighted by atomic mass is 32.1. The zero-order valence-corrected chi connectivity index (χ0v) is 18.9. The zero-order valence-electron chi connectivity index (χ0n) is 18.1. The summed E-state index contributed by atoms with van der Waals surface area (Å²) in [7, 11) is 0. The summed E-state index contributed by atoms with van der Waals surface area (Å²) in [5, 5.41) is 11.7. The van der Waals surface area contributed by atoms with Gasteiger partial charge in [-0.05, 0) is 40.6 Å². The summed E-state index contributed by atoms with van der Waals surface area (Å²) in [6.45, 7) is 5.41. The summed E-state index contributed by atoms with van der Waals surface area (Å²) < 4.78 is 0. The second-order valence-corrected chi connectivity index (χ2v) is 8.95. The number of hydrogen-bond donors (Lipinski definition) is 1. The van der Waals surface area contributed by atoms with Gasteiger partial charge in [-0.2, -0.15) is 0 Å². The third kappa shape index (κ3) is 5.03. The van der Waals surface area contributed by atoms with Crippen molar-refractivity contribution in [3.8, 4) is 11.4 Å². The summed E-state index contributed by atoms with van der Waals surface area (Å²) >= 11 is 1.67. The number of aromatic carboxylic acids is 1. The Hall–Kier alpha value is -3.51. The molecule has 0 saturated heterocycles. The van der Waals surface area contributed by atoms with Crippen molar-refractivity contribution in [1.82, 2.24) is 9.97 Å². The van der Waals surface area contributed by atoms with Crippen molar-refractivity contribution in [3.05, 3.63) is 99.9 Å². The van der Waals surface area contributed by atoms with Gasteiger partial charge in [-0.25, -0.2) is 14.8 Å². The van der Waals surface area contributed by atoms with Crippen LogP contribution in [0, 0.1) is 0 Å². The number of hydrogen-bond acceptors (Lipinski definition) is 5. The zero-order chi connectivity index (χ0) is 22.5. The Morgan fingerprint density at radius 3 is 2.47 bits per heavy atom. The Balaban J connectivity index is 1.68. The van der Waals surface area contributed by atoms with Gasteiger partial charge in [0.05, 0.1) is 12.1 Å². The highest BCUT2D eigenvalue weighted by Crippen LogP contribution is 2.25. The van der Waals surface area contributed by atoms with Crippen molar-refractivity contribution >= 4 is 23.1 Å². The summed E-state index contributed by atoms with van der Waals surface area (Å²) in [6.07, 6.45) is 1.76. The normalized spacial score (nSPS) is 11.0. The predicted molar refractivity (Wildman–Crippen MR) is 129 cm³/mol. The topological polar surface area (TPSA) is 66.3 Å². The van der Waals surface area contributed by atoms with Crippen LogP contribution in [0.15, 0.2) is 78.3 Å². The quantitative estimate of drug-likeness (QED) is 0.349. The molecule has 0 spiro atoms. The molecule has 0 unspecified atom stereocenters. The van der Waals surface area contributed by atoms with Gasteiger partial charge in [0.2, 0.25) is 0 Å². The Labute approximate surface area is 192 Å². The van der Waals surface area contributed by atoms with Gasteiger partial charge in [-0.3, -0.25) is 0 Å². The lowest BCUT2D eigenvalue weighted by atomic mass is 10.0. The Kier molecular flexibility index (Phi) is 6.61. The van der Waals surface area contributed by atoms with E-state index in [1.54, 1.807) is 29.7 Å². The molecule has 6 heteroatoms. The first-order valence-electron chi connectivity index (χ1n) is 10.5. The van der Waals surface area contributed by atoms with Crippen LogP contribution in [0.4, 0.5) is 5.82 Å². The number of carboxylic acids is 1. The SMILES string of the molecule is CC(C)c1ccc(-c2nccc(N(Cc3cccs3)Cc3ccccc3C(=O)O)n2)cc1. The van der Waals surface area contributed by atoms with Crippen LogP contribution in [-0.2, 0) is 13.1 Å². The van der Waals surface area contributed by atoms with E-state index in [2.05, 4.69) is 54.1 Å². The molecule has 4 rings (SSSR count). The minimum atomic E-state index is -0.926. The Morgan fingerprint density at radius 2 is 1.78 bits per heavy atom. The summed E-state index contributed by atoms with van der Waals surface area (Å²) in [6, 6.07) is 21.4. The van der Waals surface area contributed by atoms with Gasteiger partial charge >= 0.3 is 5.97 Å². The number of carbonyl (C=O) groups is 1. The van der Waals surface area contributed by atoms with Crippen LogP contribution in [0.1, 0.15) is 46.1 Å². The van der Waals surface area contributed by atoms with Crippen LogP contribution < -0.4 is 4.90 Å². The Morgan fingerprint density at radius 1 is 1.00 bits per heavy atom. The molecule has 1 N–H and O–H groups in total. The molecule has 0 aliphatic carbocycles. The fourth-order valence-electron chi connectivity index (χ4n) is 3.56. The van der Waals surface area contributed by atoms with Crippen LogP contribution in [0.5, 0.6) is 0 Å². The molecular weight excluding hydrogens is 418 g/mol. The van der Waals surface area contributed by atoms with Crippen LogP contribution >= 0.6 is 11.3 Å². The van der Waals surface area contributed by atoms with Gasteiger partial charge < -0.3 is 10.0 Å². The lowest BCUT2D eigenvalue weighted by Gasteiger charge is -2.24. The summed E-state index contributed by atoms with van der Waals surface area (Å²) in [5.74, 6) is 0.953. The van der Waals surface area contributed by atoms with Gasteiger partial charge in [0, 0.05) is 23.2 Å². The maximum Gasteiger partial charge on any atom is 0.336 e. The van der Waals surface area contributed by atoms with Gasteiger partial charge in [0.1, 0.15) is 5.82 Å². The molecule has 0 radical (unpaired) electrons. The lowest BCUT2D eigenvalue weighted by molar-refractivity contribution is 0.0695. The van der Waals surface area contributed by atoms with Crippen molar-refractivity contribution < 1.29 is 9.90 Å². The molecule has 0 aliphatic heterocycles. The smallest absolute Gasteiger partial charge is 0.336 e. The third-order valence-corrected chi connectivity index (χ3v) is 6.20. The number of aromatic nitrogens is 2. The average Bonchev–Trinajstić information content (AvgIpc) is 3.32. The molecule has 2 heterocycles. The van der Waals surface area contributed by atoms with Crippen molar-refractivity contribution in [3.63, 3.8) is 0 Å². The second kappa shape index (κ2) is 9.75. The van der Waals surface area contributed by atoms with E-state index in [0.717, 1.165) is 16.9 Å². The van der Waals surface area contributed by atoms with E-state index in [9.17, 15) is 9.90 Å². The summed E-state index contributed by atoms with van der Waals surface area (Å²) in [5.41, 5.74) is 3.29. The molecule has 0 atom stereocenters. The standard InChI is InChI=1S/C26H25N3O2S/c1-18(2)19-9-11-20(12-10-19)25-27-14-13-24(28-25)29(17-22-7-5-15-32-22)16-21-6-3-4-8-23(21)26(30)31/h3-15,18H,16-17H2,1-2H3,(H,30,31). The molecule has 0 bridgehead atoms. The van der Waals surface area contributed by atoms with Crippen LogP contribution in [-0.4, -0.2) is 21.0 Å². The minimum absolute atomic E-state index is 0.308. The van der Waals surface area contributed by atoms with Gasteiger partial charge in [-0.15, -0.1) is 11.3 Å². The molecule has 0 amide bonds. The van der Waals surface area contributed by atoms with Crippen molar-refractivity contribution in [2.45, 2.75) is 32.9 Å². The number of thiophene rings is 1. The minimum Gasteiger partial charge on any atom is -0.478 e. The first kappa shape index (κ1) is 21.7. The van der Waals surface area contributed by atoms with E-state index in [1.165, 1.54) is 10.4 Å². The Bertz CT molecular complexity index is 1190. The highest BCUT2D eigenvalue weighted by Gasteiger charge is 2.16. The molecule has 2 aromatic carbocycles. The maximum absolute atomic E-state index is 11.7. The molecule has 2 aromatic heterocycles. The van der Waals surface area contributed by atoms with Gasteiger partial charge in [0.25, 0.3) is 0 Å². The monoisotopic (exact) mass is 443 g/mol. The number of rotatable bonds is 8. The average molecular weight is 444 g/mol. The molecule has 0 aliphatic rings. The fraction of sp³-hybridized carbons (Fsp3) is 0.192. The van der Waals surface area contributed by atoms with Crippen molar-refractivity contribution in [2.24, 2.45) is 0 Å². The lowest BCUT2D eigenvalue weighted by Crippen LogP contribution is -2.24. The number of anilines is 1. The number of carboxylic acid groups (broad SMARTS) is 1. The predicted octanol–water partition coefficient (Wildman–Crippen LogP) is 6.23. The molecule has 5 nitrogen and oxygen atoms in total. The van der Waals surface area contributed by atoms with Crippen molar-refractivity contribution in [1.29, 1.82) is 0 Å². The molecule has 162 valence electrons. The van der Waals surface area contributed by atoms with E-state index < -0.39 is 5.97 Å². The number of nitrogens with zero attached hydrogens (tertiary/aromatic N) is 3. The molecule has 0 saturated carbocycles. The maximum atomic E-state index is 11.7. The van der Waals surface area contributed by atoms with Crippen LogP contribution in [0.25, 0.3) is 11.4 Å². The second-order valence-electron chi connectivity index (χ2n) is 7.91. The van der Waals surface area contributed by atoms with E-state index in [-0.39, 0.29) is 0 Å². The highest BCUT2D eigenvalue weighted by molar-refractivity contribution is 7.09.